The molecule has 6 heteroatoms. The molecule has 0 atom stereocenters. The second-order valence-electron chi connectivity index (χ2n) is 9.96. The molecule has 196 valence electrons. The Hall–Kier alpha value is -4.58. The Morgan fingerprint density at radius 3 is 1.51 bits per heavy atom. The van der Waals surface area contributed by atoms with Crippen LogP contribution in [0.4, 0.5) is 0 Å². The summed E-state index contributed by atoms with van der Waals surface area (Å²) in [4.78, 5) is 25.2. The van der Waals surface area contributed by atoms with Gasteiger partial charge in [-0.3, -0.25) is 9.59 Å². The normalized spacial score (nSPS) is 11.5. The van der Waals surface area contributed by atoms with E-state index in [1.807, 2.05) is 48.5 Å². The third-order valence-electron chi connectivity index (χ3n) is 7.28. The van der Waals surface area contributed by atoms with Crippen LogP contribution in [0.2, 0.25) is 0 Å². The van der Waals surface area contributed by atoms with Crippen molar-refractivity contribution in [3.8, 4) is 0 Å². The number of carbonyl (C=O) groups is 2. The van der Waals surface area contributed by atoms with Crippen LogP contribution in [0.5, 0.6) is 0 Å². The molecule has 0 fully saturated rings. The van der Waals surface area contributed by atoms with Crippen LogP contribution in [-0.4, -0.2) is 24.9 Å². The number of carbonyl (C=O) groups excluding carboxylic acids is 2. The van der Waals surface area contributed by atoms with Crippen LogP contribution in [0, 0.1) is 0 Å². The van der Waals surface area contributed by atoms with E-state index in [9.17, 15) is 9.59 Å². The predicted octanol–water partition coefficient (Wildman–Crippen LogP) is 6.67. The number of furan rings is 2. The van der Waals surface area contributed by atoms with E-state index in [1.54, 1.807) is 12.5 Å². The third-order valence-corrected chi connectivity index (χ3v) is 7.28. The Balaban J connectivity index is 0.932. The largest absolute Gasteiger partial charge is 0.464 e. The second-order valence-corrected chi connectivity index (χ2v) is 9.96. The molecule has 6 rings (SSSR count). The number of fused-ring (bicyclic) bond motifs is 6. The van der Waals surface area contributed by atoms with E-state index < -0.39 is 0 Å². The first kappa shape index (κ1) is 24.7. The van der Waals surface area contributed by atoms with E-state index in [-0.39, 0.29) is 24.7 Å². The molecular formula is C33H30N2O4. The van der Waals surface area contributed by atoms with Crippen molar-refractivity contribution in [1.29, 1.82) is 0 Å². The standard InChI is InChI=1S/C33H30N2O4/c36-30(18-24-20-38-28-14-12-22-8-2-4-10-26(22)32(24)28)34-16-6-1-7-17-35-31(37)19-25-21-39-29-15-13-23-9-3-5-11-27(23)33(25)29/h2-5,8-15,20-21H,1,6-7,16-19H2,(H,34,36)(H,35,37). The summed E-state index contributed by atoms with van der Waals surface area (Å²) in [6, 6.07) is 24.3. The molecule has 0 aliphatic heterocycles. The molecule has 0 radical (unpaired) electrons. The van der Waals surface area contributed by atoms with Crippen LogP contribution in [0.25, 0.3) is 43.5 Å². The van der Waals surface area contributed by atoms with E-state index in [2.05, 4.69) is 34.9 Å². The average Bonchev–Trinajstić information content (AvgIpc) is 3.57. The molecule has 39 heavy (non-hydrogen) atoms. The number of nitrogens with one attached hydrogen (secondary N) is 2. The summed E-state index contributed by atoms with van der Waals surface area (Å²) < 4.78 is 11.4. The Kier molecular flexibility index (Phi) is 7.00. The molecule has 0 bridgehead atoms. The van der Waals surface area contributed by atoms with Crippen LogP contribution in [0.1, 0.15) is 30.4 Å². The lowest BCUT2D eigenvalue weighted by Crippen LogP contribution is -2.27. The quantitative estimate of drug-likeness (QED) is 0.198. The molecule has 4 aromatic carbocycles. The van der Waals surface area contributed by atoms with E-state index in [0.29, 0.717) is 13.1 Å². The van der Waals surface area contributed by atoms with Gasteiger partial charge in [0, 0.05) is 35.0 Å². The molecule has 2 N–H and O–H groups in total. The molecule has 0 saturated carbocycles. The molecule has 0 aliphatic carbocycles. The van der Waals surface area contributed by atoms with E-state index >= 15 is 0 Å². The lowest BCUT2D eigenvalue weighted by molar-refractivity contribution is -0.121. The van der Waals surface area contributed by atoms with Crippen molar-refractivity contribution in [2.45, 2.75) is 32.1 Å². The van der Waals surface area contributed by atoms with E-state index in [1.165, 1.54) is 0 Å². The molecule has 6 aromatic rings. The number of benzene rings is 4. The highest BCUT2D eigenvalue weighted by Crippen LogP contribution is 2.31. The molecule has 2 amide bonds. The first-order valence-electron chi connectivity index (χ1n) is 13.5. The monoisotopic (exact) mass is 518 g/mol. The topological polar surface area (TPSA) is 84.5 Å². The fourth-order valence-corrected chi connectivity index (χ4v) is 5.36. The van der Waals surface area contributed by atoms with Gasteiger partial charge >= 0.3 is 0 Å². The lowest BCUT2D eigenvalue weighted by atomic mass is 10.0. The molecule has 0 spiro atoms. The van der Waals surface area contributed by atoms with Crippen LogP contribution < -0.4 is 10.6 Å². The summed E-state index contributed by atoms with van der Waals surface area (Å²) >= 11 is 0. The van der Waals surface area contributed by atoms with Gasteiger partial charge in [0.1, 0.15) is 11.2 Å². The second kappa shape index (κ2) is 11.0. The molecule has 0 aliphatic rings. The summed E-state index contributed by atoms with van der Waals surface area (Å²) in [6.45, 7) is 1.22. The zero-order valence-corrected chi connectivity index (χ0v) is 21.7. The van der Waals surface area contributed by atoms with Crippen molar-refractivity contribution < 1.29 is 18.4 Å². The average molecular weight is 519 g/mol. The lowest BCUT2D eigenvalue weighted by Gasteiger charge is -2.07. The van der Waals surface area contributed by atoms with Crippen molar-refractivity contribution in [2.75, 3.05) is 13.1 Å². The van der Waals surface area contributed by atoms with Gasteiger partial charge < -0.3 is 19.5 Å². The minimum atomic E-state index is -0.0150. The summed E-state index contributed by atoms with van der Waals surface area (Å²) in [5.74, 6) is -0.0300. The van der Waals surface area contributed by atoms with Gasteiger partial charge in [-0.05, 0) is 52.9 Å². The van der Waals surface area contributed by atoms with Crippen LogP contribution in [0.15, 0.2) is 94.2 Å². The summed E-state index contributed by atoms with van der Waals surface area (Å²) in [5.41, 5.74) is 3.40. The molecule has 0 unspecified atom stereocenters. The number of hydrogen-bond donors (Lipinski definition) is 2. The molecule has 0 saturated heterocycles. The van der Waals surface area contributed by atoms with Crippen molar-refractivity contribution in [2.24, 2.45) is 0 Å². The fourth-order valence-electron chi connectivity index (χ4n) is 5.36. The molecule has 2 aromatic heterocycles. The van der Waals surface area contributed by atoms with Gasteiger partial charge in [0.05, 0.1) is 25.4 Å². The maximum atomic E-state index is 12.6. The summed E-state index contributed by atoms with van der Waals surface area (Å²) in [6.07, 6.45) is 6.58. The van der Waals surface area contributed by atoms with Crippen LogP contribution in [-0.2, 0) is 22.4 Å². The van der Waals surface area contributed by atoms with Gasteiger partial charge in [0.2, 0.25) is 11.8 Å². The SMILES string of the molecule is O=C(Cc1coc2ccc3ccccc3c12)NCCCCCNC(=O)Cc1coc2ccc3ccccc3c12. The van der Waals surface area contributed by atoms with Crippen molar-refractivity contribution in [3.05, 3.63) is 96.4 Å². The van der Waals surface area contributed by atoms with E-state index in [0.717, 1.165) is 73.9 Å². The molecule has 6 nitrogen and oxygen atoms in total. The third kappa shape index (κ3) is 5.23. The van der Waals surface area contributed by atoms with E-state index in [4.69, 9.17) is 8.83 Å². The summed E-state index contributed by atoms with van der Waals surface area (Å²) in [7, 11) is 0. The Morgan fingerprint density at radius 1 is 0.564 bits per heavy atom. The van der Waals surface area contributed by atoms with Gasteiger partial charge in [-0.25, -0.2) is 0 Å². The smallest absolute Gasteiger partial charge is 0.224 e. The highest BCUT2D eigenvalue weighted by molar-refractivity contribution is 6.09. The van der Waals surface area contributed by atoms with Crippen LogP contribution in [0.3, 0.4) is 0 Å². The van der Waals surface area contributed by atoms with Gasteiger partial charge in [0.15, 0.2) is 0 Å². The number of amides is 2. The van der Waals surface area contributed by atoms with Crippen molar-refractivity contribution in [1.82, 2.24) is 10.6 Å². The van der Waals surface area contributed by atoms with Crippen molar-refractivity contribution in [3.63, 3.8) is 0 Å². The Labute approximate surface area is 226 Å². The number of hydrogen-bond acceptors (Lipinski definition) is 4. The fraction of sp³-hybridized carbons (Fsp3) is 0.212. The predicted molar refractivity (Wildman–Crippen MR) is 155 cm³/mol. The van der Waals surface area contributed by atoms with Gasteiger partial charge in [-0.15, -0.1) is 0 Å². The number of unbranched alkanes of at least 4 members (excludes halogenated alkanes) is 2. The molecular weight excluding hydrogens is 488 g/mol. The van der Waals surface area contributed by atoms with Gasteiger partial charge in [-0.1, -0.05) is 60.7 Å². The minimum absolute atomic E-state index is 0.0150. The zero-order valence-electron chi connectivity index (χ0n) is 21.7. The maximum absolute atomic E-state index is 12.6. The Morgan fingerprint density at radius 2 is 1.03 bits per heavy atom. The first-order valence-corrected chi connectivity index (χ1v) is 13.5. The molecule has 2 heterocycles. The minimum Gasteiger partial charge on any atom is -0.464 e. The number of rotatable bonds is 10. The Bertz CT molecular complexity index is 1660. The first-order chi connectivity index (χ1) is 19.2. The maximum Gasteiger partial charge on any atom is 0.224 e. The highest BCUT2D eigenvalue weighted by atomic mass is 16.3. The highest BCUT2D eigenvalue weighted by Gasteiger charge is 2.14. The van der Waals surface area contributed by atoms with Gasteiger partial charge in [0.25, 0.3) is 0 Å². The zero-order chi connectivity index (χ0) is 26.6. The van der Waals surface area contributed by atoms with Crippen LogP contribution >= 0.6 is 0 Å². The van der Waals surface area contributed by atoms with Crippen molar-refractivity contribution >= 4 is 55.3 Å². The summed E-state index contributed by atoms with van der Waals surface area (Å²) in [5, 5.41) is 12.5. The van der Waals surface area contributed by atoms with Gasteiger partial charge in [-0.2, -0.15) is 0 Å².